The Bertz CT molecular complexity index is 209. The third-order valence-corrected chi connectivity index (χ3v) is 0.742. The zero-order valence-electron chi connectivity index (χ0n) is 5.18. The Hall–Kier alpha value is -0.264. The van der Waals surface area contributed by atoms with Gasteiger partial charge in [-0.2, -0.15) is 0 Å². The van der Waals surface area contributed by atoms with Crippen LogP contribution in [0.4, 0.5) is 0 Å². The number of nitrogens with zero attached hydrogens (tertiary/aromatic N) is 2. The van der Waals surface area contributed by atoms with E-state index < -0.39 is 21.5 Å². The van der Waals surface area contributed by atoms with Gasteiger partial charge in [0, 0.05) is 0 Å². The second kappa shape index (κ2) is 6.27. The van der Waals surface area contributed by atoms with Crippen LogP contribution in [0.15, 0.2) is 11.6 Å². The van der Waals surface area contributed by atoms with E-state index in [0.29, 0.717) is 0 Å². The molecule has 0 heterocycles. The Morgan fingerprint density at radius 2 is 1.58 bits per heavy atom. The molecule has 9 nitrogen and oxygen atoms in total. The minimum atomic E-state index is -1.37. The molecule has 0 bridgehead atoms. The Kier molecular flexibility index (Phi) is 7.46. The molecule has 5 N–H and O–H groups in total. The average Bonchev–Trinajstić information content (AvgIpc) is 1.85. The zero-order valence-corrected chi connectivity index (χ0v) is 5.18. The SMILES string of the molecule is NNC(N)=C([N+](=O)[O-])[N+](=O)[O-].[KH]. The molecular formula is C2H6KN5O4. The van der Waals surface area contributed by atoms with Crippen LogP contribution in [-0.2, 0) is 0 Å². The third kappa shape index (κ3) is 3.94. The Balaban J connectivity index is 0. The summed E-state index contributed by atoms with van der Waals surface area (Å²) in [4.78, 5) is 17.3. The number of hydrogen-bond acceptors (Lipinski definition) is 7. The fourth-order valence-electron chi connectivity index (χ4n) is 0.328. The van der Waals surface area contributed by atoms with Crippen LogP contribution in [0.3, 0.4) is 0 Å². The molecule has 0 fully saturated rings. The summed E-state index contributed by atoms with van der Waals surface area (Å²) in [7, 11) is 0. The minimum absolute atomic E-state index is 0. The maximum atomic E-state index is 9.87. The van der Waals surface area contributed by atoms with Crippen molar-refractivity contribution in [2.24, 2.45) is 11.6 Å². The standard InChI is InChI=1S/C2H5N5O4.K.H/c3-1(5-4)2(6(8)9)7(10)11;;/h5H,3-4H2;;. The molecule has 0 aliphatic heterocycles. The van der Waals surface area contributed by atoms with Gasteiger partial charge in [-0.15, -0.1) is 0 Å². The summed E-state index contributed by atoms with van der Waals surface area (Å²) in [5, 5.41) is 19.7. The number of rotatable bonds is 3. The van der Waals surface area contributed by atoms with Crippen LogP contribution in [0.5, 0.6) is 0 Å². The first-order valence-corrected chi connectivity index (χ1v) is 2.25. The quantitative estimate of drug-likeness (QED) is 0.197. The van der Waals surface area contributed by atoms with Gasteiger partial charge in [-0.3, -0.25) is 25.7 Å². The third-order valence-electron chi connectivity index (χ3n) is 0.742. The van der Waals surface area contributed by atoms with Crippen molar-refractivity contribution >= 4 is 51.4 Å². The van der Waals surface area contributed by atoms with Crippen LogP contribution in [0, 0.1) is 20.2 Å². The molecule has 0 radical (unpaired) electrons. The number of nitro groups is 2. The van der Waals surface area contributed by atoms with E-state index in [-0.39, 0.29) is 51.4 Å². The average molecular weight is 203 g/mol. The van der Waals surface area contributed by atoms with Gasteiger partial charge in [-0.25, -0.2) is 5.84 Å². The van der Waals surface area contributed by atoms with E-state index in [1.807, 2.05) is 0 Å². The van der Waals surface area contributed by atoms with Crippen molar-refractivity contribution in [3.63, 3.8) is 0 Å². The molecule has 10 heteroatoms. The van der Waals surface area contributed by atoms with E-state index in [0.717, 1.165) is 0 Å². The van der Waals surface area contributed by atoms with Crippen molar-refractivity contribution in [2.45, 2.75) is 0 Å². The summed E-state index contributed by atoms with van der Waals surface area (Å²) in [6, 6.07) is 0. The van der Waals surface area contributed by atoms with Gasteiger partial charge in [-0.1, -0.05) is 0 Å². The van der Waals surface area contributed by atoms with Crippen LogP contribution in [0.25, 0.3) is 0 Å². The summed E-state index contributed by atoms with van der Waals surface area (Å²) >= 11 is 0. The Morgan fingerprint density at radius 1 is 1.25 bits per heavy atom. The monoisotopic (exact) mass is 203 g/mol. The molecule has 0 saturated heterocycles. The predicted molar refractivity (Wildman–Crippen MR) is 39.7 cm³/mol. The number of hydrazine groups is 1. The fraction of sp³-hybridized carbons (Fsp3) is 0. The van der Waals surface area contributed by atoms with E-state index in [9.17, 15) is 20.2 Å². The molecule has 0 aromatic carbocycles. The van der Waals surface area contributed by atoms with Crippen molar-refractivity contribution in [1.29, 1.82) is 0 Å². The van der Waals surface area contributed by atoms with Crippen LogP contribution >= 0.6 is 0 Å². The van der Waals surface area contributed by atoms with E-state index in [2.05, 4.69) is 5.84 Å². The van der Waals surface area contributed by atoms with E-state index in [1.165, 1.54) is 0 Å². The van der Waals surface area contributed by atoms with Crippen molar-refractivity contribution < 1.29 is 9.85 Å². The van der Waals surface area contributed by atoms with Gasteiger partial charge in [0.05, 0.1) is 0 Å². The number of nitrogens with two attached hydrogens (primary N) is 2. The molecule has 0 unspecified atom stereocenters. The van der Waals surface area contributed by atoms with Gasteiger partial charge in [0.2, 0.25) is 0 Å². The topological polar surface area (TPSA) is 150 Å². The first kappa shape index (κ1) is 14.3. The summed E-state index contributed by atoms with van der Waals surface area (Å²) in [6.07, 6.45) is 0. The van der Waals surface area contributed by atoms with Gasteiger partial charge < -0.3 is 5.73 Å². The molecule has 0 aliphatic carbocycles. The van der Waals surface area contributed by atoms with Crippen molar-refractivity contribution in [3.05, 3.63) is 31.9 Å². The van der Waals surface area contributed by atoms with Gasteiger partial charge in [0.25, 0.3) is 5.82 Å². The summed E-state index contributed by atoms with van der Waals surface area (Å²) in [6.45, 7) is 0. The van der Waals surface area contributed by atoms with Gasteiger partial charge in [0.15, 0.2) is 0 Å². The molecule has 0 aromatic rings. The first-order chi connectivity index (χ1) is 5.00. The van der Waals surface area contributed by atoms with Crippen molar-refractivity contribution in [3.8, 4) is 0 Å². The van der Waals surface area contributed by atoms with Crippen LogP contribution in [-0.4, -0.2) is 61.2 Å². The number of nitrogens with one attached hydrogen (secondary N) is 1. The summed E-state index contributed by atoms with van der Waals surface area (Å²) in [5.41, 5.74) is 6.38. The van der Waals surface area contributed by atoms with Crippen molar-refractivity contribution in [2.75, 3.05) is 0 Å². The first-order valence-electron chi connectivity index (χ1n) is 2.25. The molecule has 0 aliphatic rings. The molecule has 0 atom stereocenters. The molecule has 0 spiro atoms. The van der Waals surface area contributed by atoms with Crippen LogP contribution in [0.2, 0.25) is 0 Å². The molecule has 0 rings (SSSR count). The molecule has 0 aromatic heterocycles. The van der Waals surface area contributed by atoms with E-state index >= 15 is 0 Å². The van der Waals surface area contributed by atoms with E-state index in [1.54, 1.807) is 5.43 Å². The Morgan fingerprint density at radius 3 is 1.67 bits per heavy atom. The van der Waals surface area contributed by atoms with Crippen LogP contribution < -0.4 is 17.0 Å². The molecule has 0 amide bonds. The Labute approximate surface area is 109 Å². The number of hydrogen-bond donors (Lipinski definition) is 3. The van der Waals surface area contributed by atoms with Gasteiger partial charge >= 0.3 is 57.2 Å². The normalized spacial score (nSPS) is 7.75. The molecule has 12 heavy (non-hydrogen) atoms. The molecule has 64 valence electrons. The van der Waals surface area contributed by atoms with Crippen molar-refractivity contribution in [1.82, 2.24) is 5.43 Å². The van der Waals surface area contributed by atoms with Crippen LogP contribution in [0.1, 0.15) is 0 Å². The predicted octanol–water partition coefficient (Wildman–Crippen LogP) is -2.56. The second-order valence-electron chi connectivity index (χ2n) is 1.40. The molecule has 0 saturated carbocycles. The second-order valence-corrected chi connectivity index (χ2v) is 1.40. The van der Waals surface area contributed by atoms with Gasteiger partial charge in [-0.05, 0) is 0 Å². The fourth-order valence-corrected chi connectivity index (χ4v) is 0.328. The summed E-state index contributed by atoms with van der Waals surface area (Å²) in [5.74, 6) is 2.45. The van der Waals surface area contributed by atoms with E-state index in [4.69, 9.17) is 5.73 Å². The maximum absolute atomic E-state index is 9.87. The summed E-state index contributed by atoms with van der Waals surface area (Å²) < 4.78 is 0. The van der Waals surface area contributed by atoms with Gasteiger partial charge in [0.1, 0.15) is 9.85 Å². The molecular weight excluding hydrogens is 197 g/mol. The zero-order chi connectivity index (χ0) is 9.02.